The fourth-order valence-corrected chi connectivity index (χ4v) is 20.9. The number of rotatable bonds is 24. The standard InChI is InChI=1S/C33H30N3O9P.C18H24N3O10P.C18H24N3O9P.C16H22N3O8P/c1-36(31-27-28(45-46(3,40)41)33(44-31,17-42-2)18-43-27)16-22(29(37)35-32(36)39)8-5-15-34-30(38)24-14-12-21-10-9-19-6-4-7-20-11-13-23(24)26(21)25(19)20;1-21(8-11(14(22)20-16(21)23)6-5-7-19-17(24)28-3)15-12-13(31-32(4,25)26)18(30-15,9-27-2)10-29-12;1-11(22)19-7-5-6-12-8-21(2,17(24)20-15(12)23)16-13-14(30-31(4,25)26)18(29-16,9-27-3)10-28-13;1-19(7-10(5-4-6-17)13(20)18-15(19)21)14-11-12(27-28(3,22)23)16(26-14,8-24-2)9-25-11/h4,6-7,9-14,16,27-28,31H,15,17-18H2,1-3H3,(H2-,34,35,37,38,39,40,41);8,12-13,15H,7,9-10H2,1-4H3,(H2-,19,20,22,23,24,25,26);8,13-14,16H,7,9-10H2,1-4H3,(H2-,19,20,22,23,24,25,26);7,11-12,14H,6,8-9,17H2,1-3H3,(H-,18,20,21,22,23)/p+4/t27-,28?,31+,33-,36?;12-,13?,15+,18-,21?;13-,14?,16+,18-,21?;11-,12?,14+,16-,19?/m0000/s1. The molecule has 15 amide bonds. The number of likely N-dealkylation sites (N-methyl/N-ethyl adjacent to an activating group) is 4. The number of ether oxygens (including phenoxy) is 13. The molecule has 4 aromatic carbocycles. The van der Waals surface area contributed by atoms with Gasteiger partial charge in [-0.2, -0.15) is 17.9 Å². The van der Waals surface area contributed by atoms with Gasteiger partial charge in [0.15, 0.2) is 46.8 Å². The third-order valence-electron chi connectivity index (χ3n) is 24.0. The van der Waals surface area contributed by atoms with Crippen LogP contribution in [0.15, 0.2) is 102 Å². The molecule has 52 heteroatoms. The molecule has 8 bridgehead atoms. The largest absolute Gasteiger partial charge is 0.453 e. The molecule has 24 atom stereocenters. The van der Waals surface area contributed by atoms with E-state index in [1.54, 1.807) is 6.07 Å². The number of amides is 15. The van der Waals surface area contributed by atoms with Crippen LogP contribution < -0.4 is 43.0 Å². The SMILES string of the molecule is COC[C@]12CO[C@@H](C1OP(C)(=O)O)[C@H]([N+]1(C)C=C(C#CCN)C(=O)NC1=O)O2.COC[C@]12CO[C@@H](C1OP(C)(=O)O)[C@H]([N+]1(C)C=C(C#CCNC(=O)OC)C(=O)NC1=O)O2.COC[C@]12CO[C@@H](C1OP(C)(=O)O)[C@H]([N+]1(C)C=C(C#CCNC(=O)c3ccc4ccc5cccc6ccc3c4c56)C(=O)NC1=O)O2.COC[C@]12CO[C@@H](C1OP(C)(=O)O)[C@H]([N+]1(C)C=C(C#CCNC(C)=O)C(=O)NC1=O)O2. The number of hydrogen-bond donors (Lipinski definition) is 12. The normalized spacial score (nSPS) is 34.0. The van der Waals surface area contributed by atoms with E-state index >= 15 is 0 Å². The lowest BCUT2D eigenvalue weighted by molar-refractivity contribution is -0.840. The first-order valence-electron chi connectivity index (χ1n) is 41.9. The van der Waals surface area contributed by atoms with E-state index in [0.717, 1.165) is 59.0 Å². The molecule has 0 radical (unpaired) electrons. The molecule has 12 aliphatic heterocycles. The van der Waals surface area contributed by atoms with Crippen molar-refractivity contribution in [2.45, 2.75) is 103 Å². The van der Waals surface area contributed by atoms with Gasteiger partial charge in [-0.25, -0.2) is 45.2 Å². The minimum absolute atomic E-state index is 0.000377. The van der Waals surface area contributed by atoms with Crippen LogP contribution in [0.3, 0.4) is 0 Å². The minimum atomic E-state index is -3.97. The van der Waals surface area contributed by atoms with Crippen LogP contribution in [0.2, 0.25) is 0 Å². The van der Waals surface area contributed by atoms with E-state index in [2.05, 4.69) is 108 Å². The van der Waals surface area contributed by atoms with Crippen LogP contribution in [0.1, 0.15) is 17.3 Å². The van der Waals surface area contributed by atoms with Crippen LogP contribution in [0.5, 0.6) is 0 Å². The van der Waals surface area contributed by atoms with E-state index in [1.807, 2.05) is 30.3 Å². The van der Waals surface area contributed by atoms with Crippen molar-refractivity contribution < 1.29 is 188 Å². The first kappa shape index (κ1) is 104. The molecule has 12 heterocycles. The Hall–Kier alpha value is -10.2. The smallest absolute Gasteiger partial charge is 0.430 e. The molecule has 13 N–H and O–H groups in total. The van der Waals surface area contributed by atoms with E-state index in [0.29, 0.717) is 5.56 Å². The Labute approximate surface area is 783 Å². The van der Waals surface area contributed by atoms with Crippen molar-refractivity contribution in [2.75, 3.05) is 169 Å². The summed E-state index contributed by atoms with van der Waals surface area (Å²) in [5, 5.41) is 22.8. The van der Waals surface area contributed by atoms with Crippen molar-refractivity contribution in [3.05, 3.63) is 107 Å². The molecular weight excluding hydrogens is 1890 g/mol. The highest BCUT2D eigenvalue weighted by Gasteiger charge is 2.75. The molecule has 137 heavy (non-hydrogen) atoms. The summed E-state index contributed by atoms with van der Waals surface area (Å²) in [6, 6.07) is 15.2. The summed E-state index contributed by atoms with van der Waals surface area (Å²) in [5.41, 5.74) is 1.04. The van der Waals surface area contributed by atoms with Crippen molar-refractivity contribution >= 4 is 128 Å². The van der Waals surface area contributed by atoms with Gasteiger partial charge in [-0.1, -0.05) is 95.9 Å². The number of hydrogen-bond acceptors (Lipinski definition) is 33. The zero-order valence-corrected chi connectivity index (χ0v) is 80.0. The molecule has 48 nitrogen and oxygen atoms in total. The molecule has 12 aliphatic rings. The molecule has 16 rings (SSSR count). The average molecular weight is 1990 g/mol. The van der Waals surface area contributed by atoms with E-state index in [1.165, 1.54) is 95.5 Å². The number of alkyl carbamates (subject to hydrolysis) is 1. The first-order chi connectivity index (χ1) is 64.4. The second-order valence-corrected chi connectivity index (χ2v) is 41.8. The molecule has 4 aromatic rings. The summed E-state index contributed by atoms with van der Waals surface area (Å²) in [4.78, 5) is 175. The van der Waals surface area contributed by atoms with Gasteiger partial charge in [0.2, 0.25) is 30.8 Å². The van der Waals surface area contributed by atoms with Gasteiger partial charge in [-0.3, -0.25) is 65.1 Å². The van der Waals surface area contributed by atoms with Gasteiger partial charge in [-0.05, 0) is 38.4 Å². The maximum atomic E-state index is 13.3. The number of imide groups is 4. The highest BCUT2D eigenvalue weighted by atomic mass is 31.2. The minimum Gasteiger partial charge on any atom is -0.453 e. The number of methoxy groups -OCH3 is 5. The molecule has 0 aromatic heterocycles. The summed E-state index contributed by atoms with van der Waals surface area (Å²) < 4.78 is 141. The number of urea groups is 4. The quantitative estimate of drug-likeness (QED) is 0.0196. The number of nitrogens with two attached hydrogens (primary N) is 1. The van der Waals surface area contributed by atoms with Crippen molar-refractivity contribution in [3.63, 3.8) is 0 Å². The highest BCUT2D eigenvalue weighted by Crippen LogP contribution is 2.57. The number of carbonyl (C=O) groups excluding carboxylic acids is 11. The Balaban J connectivity index is 0.000000158. The van der Waals surface area contributed by atoms with Crippen molar-refractivity contribution in [3.8, 4) is 47.4 Å². The lowest BCUT2D eigenvalue weighted by Crippen LogP contribution is -2.65. The van der Waals surface area contributed by atoms with Gasteiger partial charge in [0.1, 0.15) is 71.5 Å². The maximum absolute atomic E-state index is 13.3. The molecule has 8 fully saturated rings. The van der Waals surface area contributed by atoms with Gasteiger partial charge >= 0.3 is 60.6 Å². The van der Waals surface area contributed by atoms with Crippen LogP contribution in [0.25, 0.3) is 32.3 Å². The van der Waals surface area contributed by atoms with Gasteiger partial charge in [-0.15, -0.1) is 0 Å². The molecular formula is C85H104N12O36P4+4. The van der Waals surface area contributed by atoms with Gasteiger partial charge in [0, 0.05) is 67.6 Å². The van der Waals surface area contributed by atoms with Crippen molar-refractivity contribution in [1.29, 1.82) is 0 Å². The fourth-order valence-electron chi connectivity index (χ4n) is 18.0. The topological polar surface area (TPSA) is 604 Å². The molecule has 12 unspecified atom stereocenters. The third-order valence-corrected chi connectivity index (χ3v) is 26.5. The Bertz CT molecular complexity index is 6190. The highest BCUT2D eigenvalue weighted by molar-refractivity contribution is 7.52. The Morgan fingerprint density at radius 1 is 0.431 bits per heavy atom. The third kappa shape index (κ3) is 21.2. The zero-order chi connectivity index (χ0) is 99.9. The second kappa shape index (κ2) is 40.2. The summed E-state index contributed by atoms with van der Waals surface area (Å²) in [5.74, 6) is 17.9. The fraction of sp³-hybridized carbons (Fsp3) is 0.494. The van der Waals surface area contributed by atoms with Crippen LogP contribution in [0.4, 0.5) is 24.0 Å². The van der Waals surface area contributed by atoms with Crippen LogP contribution in [-0.2, 0) is 122 Å². The monoisotopic (exact) mass is 1990 g/mol. The second-order valence-electron chi connectivity index (χ2n) is 34.6. The van der Waals surface area contributed by atoms with E-state index in [-0.39, 0.29) is 113 Å². The lowest BCUT2D eigenvalue weighted by atomic mass is 9.92. The zero-order valence-electron chi connectivity index (χ0n) is 76.4. The molecule has 0 aliphatic carbocycles. The summed E-state index contributed by atoms with van der Waals surface area (Å²) in [6.07, 6.45) is -6.80. The Morgan fingerprint density at radius 3 is 1.01 bits per heavy atom. The van der Waals surface area contributed by atoms with Crippen LogP contribution in [0, 0.1) is 47.4 Å². The number of quaternary nitrogens is 4. The predicted molar refractivity (Wildman–Crippen MR) is 472 cm³/mol. The molecule has 8 saturated heterocycles. The predicted octanol–water partition coefficient (Wildman–Crippen LogP) is 0.421. The number of benzene rings is 4. The number of nitrogens with zero attached hydrogens (tertiary/aromatic N) is 4. The lowest BCUT2D eigenvalue weighted by Gasteiger charge is -2.39. The maximum Gasteiger partial charge on any atom is 0.430 e. The van der Waals surface area contributed by atoms with Gasteiger partial charge < -0.3 is 103 Å². The molecule has 0 saturated carbocycles. The summed E-state index contributed by atoms with van der Waals surface area (Å²) in [7, 11) is -2.75. The van der Waals surface area contributed by atoms with E-state index in [9.17, 15) is 90.6 Å². The summed E-state index contributed by atoms with van der Waals surface area (Å²) >= 11 is 0. The van der Waals surface area contributed by atoms with E-state index < -0.39 is 198 Å². The van der Waals surface area contributed by atoms with Gasteiger partial charge in [0.25, 0.3) is 29.5 Å². The van der Waals surface area contributed by atoms with Crippen LogP contribution >= 0.6 is 30.4 Å². The molecule has 736 valence electrons. The van der Waals surface area contributed by atoms with Crippen LogP contribution in [-0.4, -0.2) is 369 Å². The first-order valence-corrected chi connectivity index (χ1v) is 50.0. The van der Waals surface area contributed by atoms with Gasteiger partial charge in [0.05, 0.1) is 114 Å². The molecule has 0 spiro atoms. The number of fused-ring (bicyclic) bond motifs is 8. The Kier molecular flexibility index (Phi) is 30.6. The van der Waals surface area contributed by atoms with Crippen molar-refractivity contribution in [1.82, 2.24) is 37.2 Å². The average Bonchev–Trinajstić information content (AvgIpc) is 1.56. The van der Waals surface area contributed by atoms with Crippen molar-refractivity contribution in [2.24, 2.45) is 5.73 Å². The summed E-state index contributed by atoms with van der Waals surface area (Å²) in [6.45, 7) is 5.61. The number of carbonyl (C=O) groups is 11. The Morgan fingerprint density at radius 2 is 0.715 bits per heavy atom. The van der Waals surface area contributed by atoms with E-state index in [4.69, 9.17) is 80.7 Å². The number of nitrogens with one attached hydrogen (secondary N) is 7.